The monoisotopic (exact) mass is 355 g/mol. The molecule has 1 saturated heterocycles. The number of phenolic OH excluding ortho intramolecular Hbond substituents is 1. The van der Waals surface area contributed by atoms with Crippen molar-refractivity contribution in [1.82, 2.24) is 5.32 Å². The van der Waals surface area contributed by atoms with Crippen molar-refractivity contribution in [3.8, 4) is 16.9 Å². The topological polar surface area (TPSA) is 67.8 Å². The van der Waals surface area contributed by atoms with Crippen molar-refractivity contribution in [1.29, 1.82) is 0 Å². The van der Waals surface area contributed by atoms with Crippen LogP contribution in [0.25, 0.3) is 11.1 Å². The van der Waals surface area contributed by atoms with Crippen LogP contribution in [0.4, 0.5) is 0 Å². The van der Waals surface area contributed by atoms with Gasteiger partial charge in [0.25, 0.3) is 5.91 Å². The summed E-state index contributed by atoms with van der Waals surface area (Å²) in [4.78, 5) is 12.4. The van der Waals surface area contributed by atoms with E-state index in [0.717, 1.165) is 38.0 Å². The Bertz CT molecular complexity index is 711. The summed E-state index contributed by atoms with van der Waals surface area (Å²) in [5.74, 6) is 0.0193. The Labute approximate surface area is 153 Å². The zero-order valence-corrected chi connectivity index (χ0v) is 14.8. The molecule has 0 bridgehead atoms. The SMILES string of the molecule is O=C(NCCCOC1CCOCC1)c1ccc(O)c(-c2ccccc2)c1. The average molecular weight is 355 g/mol. The minimum Gasteiger partial charge on any atom is -0.507 e. The first-order valence-corrected chi connectivity index (χ1v) is 9.10. The van der Waals surface area contributed by atoms with Crippen molar-refractivity contribution < 1.29 is 19.4 Å². The third-order valence-electron chi connectivity index (χ3n) is 4.47. The first kappa shape index (κ1) is 18.4. The van der Waals surface area contributed by atoms with Crippen LogP contribution < -0.4 is 5.32 Å². The molecule has 1 amide bonds. The Kier molecular flexibility index (Phi) is 6.63. The molecule has 1 aliphatic heterocycles. The lowest BCUT2D eigenvalue weighted by Crippen LogP contribution is -2.27. The summed E-state index contributed by atoms with van der Waals surface area (Å²) >= 11 is 0. The van der Waals surface area contributed by atoms with Crippen molar-refractivity contribution in [3.05, 3.63) is 54.1 Å². The van der Waals surface area contributed by atoms with E-state index in [0.29, 0.717) is 24.3 Å². The fourth-order valence-electron chi connectivity index (χ4n) is 2.99. The zero-order chi connectivity index (χ0) is 18.2. The summed E-state index contributed by atoms with van der Waals surface area (Å²) in [6.07, 6.45) is 2.95. The molecule has 5 heteroatoms. The van der Waals surface area contributed by atoms with Gasteiger partial charge in [-0.3, -0.25) is 4.79 Å². The summed E-state index contributed by atoms with van der Waals surface area (Å²) in [5.41, 5.74) is 2.07. The normalized spacial score (nSPS) is 14.9. The van der Waals surface area contributed by atoms with E-state index in [2.05, 4.69) is 5.32 Å². The van der Waals surface area contributed by atoms with E-state index in [9.17, 15) is 9.90 Å². The van der Waals surface area contributed by atoms with Gasteiger partial charge in [0.05, 0.1) is 6.10 Å². The van der Waals surface area contributed by atoms with Crippen LogP contribution in [0.1, 0.15) is 29.6 Å². The predicted octanol–water partition coefficient (Wildman–Crippen LogP) is 3.37. The number of carbonyl (C=O) groups excluding carboxylic acids is 1. The van der Waals surface area contributed by atoms with Crippen LogP contribution in [0.2, 0.25) is 0 Å². The van der Waals surface area contributed by atoms with Gasteiger partial charge in [-0.1, -0.05) is 30.3 Å². The molecule has 3 rings (SSSR count). The highest BCUT2D eigenvalue weighted by Gasteiger charge is 2.14. The van der Waals surface area contributed by atoms with Gasteiger partial charge in [-0.15, -0.1) is 0 Å². The van der Waals surface area contributed by atoms with Gasteiger partial charge >= 0.3 is 0 Å². The van der Waals surface area contributed by atoms with Crippen LogP contribution in [0.15, 0.2) is 48.5 Å². The lowest BCUT2D eigenvalue weighted by atomic mass is 10.0. The number of benzene rings is 2. The maximum atomic E-state index is 12.4. The van der Waals surface area contributed by atoms with Crippen molar-refractivity contribution >= 4 is 5.91 Å². The summed E-state index contributed by atoms with van der Waals surface area (Å²) in [5, 5.41) is 13.0. The Morgan fingerprint density at radius 1 is 1.15 bits per heavy atom. The van der Waals surface area contributed by atoms with Crippen LogP contribution >= 0.6 is 0 Å². The van der Waals surface area contributed by atoms with Crippen LogP contribution in [-0.2, 0) is 9.47 Å². The van der Waals surface area contributed by atoms with Gasteiger partial charge in [-0.2, -0.15) is 0 Å². The first-order valence-electron chi connectivity index (χ1n) is 9.10. The Morgan fingerprint density at radius 3 is 2.69 bits per heavy atom. The second-order valence-corrected chi connectivity index (χ2v) is 6.39. The molecule has 1 heterocycles. The standard InChI is InChI=1S/C21H25NO4/c23-20-8-7-17(15-19(20)16-5-2-1-3-6-16)21(24)22-11-4-12-26-18-9-13-25-14-10-18/h1-3,5-8,15,18,23H,4,9-14H2,(H,22,24). The number of amides is 1. The van der Waals surface area contributed by atoms with Gasteiger partial charge in [0.2, 0.25) is 0 Å². The van der Waals surface area contributed by atoms with Gasteiger partial charge in [0.1, 0.15) is 5.75 Å². The van der Waals surface area contributed by atoms with Crippen LogP contribution in [-0.4, -0.2) is 43.5 Å². The molecular formula is C21H25NO4. The molecule has 5 nitrogen and oxygen atoms in total. The molecule has 2 aromatic rings. The molecular weight excluding hydrogens is 330 g/mol. The zero-order valence-electron chi connectivity index (χ0n) is 14.8. The molecule has 2 N–H and O–H groups in total. The number of phenols is 1. The van der Waals surface area contributed by atoms with Gasteiger partial charge in [0, 0.05) is 37.5 Å². The quantitative estimate of drug-likeness (QED) is 0.747. The van der Waals surface area contributed by atoms with E-state index >= 15 is 0 Å². The van der Waals surface area contributed by atoms with Crippen LogP contribution in [0.3, 0.4) is 0 Å². The Balaban J connectivity index is 1.48. The maximum Gasteiger partial charge on any atom is 0.251 e. The molecule has 1 fully saturated rings. The van der Waals surface area contributed by atoms with Crippen molar-refractivity contribution in [3.63, 3.8) is 0 Å². The molecule has 0 aliphatic carbocycles. The predicted molar refractivity (Wildman–Crippen MR) is 100 cm³/mol. The van der Waals surface area contributed by atoms with Gasteiger partial charge in [-0.05, 0) is 43.0 Å². The minimum absolute atomic E-state index is 0.145. The molecule has 1 aliphatic rings. The lowest BCUT2D eigenvalue weighted by Gasteiger charge is -2.22. The fraction of sp³-hybridized carbons (Fsp3) is 0.381. The number of ether oxygens (including phenoxy) is 2. The molecule has 0 radical (unpaired) electrons. The molecule has 138 valence electrons. The van der Waals surface area contributed by atoms with Gasteiger partial charge in [-0.25, -0.2) is 0 Å². The van der Waals surface area contributed by atoms with E-state index in [4.69, 9.17) is 9.47 Å². The van der Waals surface area contributed by atoms with Gasteiger partial charge < -0.3 is 19.9 Å². The maximum absolute atomic E-state index is 12.4. The summed E-state index contributed by atoms with van der Waals surface area (Å²) in [7, 11) is 0. The van der Waals surface area contributed by atoms with Crippen molar-refractivity contribution in [2.45, 2.75) is 25.4 Å². The number of hydrogen-bond acceptors (Lipinski definition) is 4. The first-order chi connectivity index (χ1) is 12.7. The highest BCUT2D eigenvalue weighted by molar-refractivity contribution is 5.96. The highest BCUT2D eigenvalue weighted by atomic mass is 16.5. The van der Waals surface area contributed by atoms with Crippen molar-refractivity contribution in [2.75, 3.05) is 26.4 Å². The second-order valence-electron chi connectivity index (χ2n) is 6.39. The van der Waals surface area contributed by atoms with E-state index in [1.807, 2.05) is 30.3 Å². The number of hydrogen-bond donors (Lipinski definition) is 2. The summed E-state index contributed by atoms with van der Waals surface area (Å²) in [6, 6.07) is 14.5. The summed E-state index contributed by atoms with van der Waals surface area (Å²) in [6.45, 7) is 2.73. The Morgan fingerprint density at radius 2 is 1.92 bits per heavy atom. The molecule has 0 unspecified atom stereocenters. The largest absolute Gasteiger partial charge is 0.507 e. The van der Waals surface area contributed by atoms with Crippen molar-refractivity contribution in [2.24, 2.45) is 0 Å². The van der Waals surface area contributed by atoms with E-state index in [1.54, 1.807) is 18.2 Å². The Hall–Kier alpha value is -2.37. The van der Waals surface area contributed by atoms with E-state index in [1.165, 1.54) is 0 Å². The van der Waals surface area contributed by atoms with Gasteiger partial charge in [0.15, 0.2) is 0 Å². The molecule has 0 saturated carbocycles. The number of carbonyl (C=O) groups is 1. The molecule has 0 atom stereocenters. The van der Waals surface area contributed by atoms with E-state index in [-0.39, 0.29) is 17.8 Å². The van der Waals surface area contributed by atoms with E-state index < -0.39 is 0 Å². The number of aromatic hydroxyl groups is 1. The number of rotatable bonds is 7. The third kappa shape index (κ3) is 5.07. The third-order valence-corrected chi connectivity index (χ3v) is 4.47. The minimum atomic E-state index is -0.145. The second kappa shape index (κ2) is 9.36. The fourth-order valence-corrected chi connectivity index (χ4v) is 2.99. The van der Waals surface area contributed by atoms with Crippen LogP contribution in [0, 0.1) is 0 Å². The number of nitrogens with one attached hydrogen (secondary N) is 1. The van der Waals surface area contributed by atoms with Crippen LogP contribution in [0.5, 0.6) is 5.75 Å². The smallest absolute Gasteiger partial charge is 0.251 e. The molecule has 2 aromatic carbocycles. The summed E-state index contributed by atoms with van der Waals surface area (Å²) < 4.78 is 11.1. The molecule has 0 spiro atoms. The molecule has 26 heavy (non-hydrogen) atoms. The lowest BCUT2D eigenvalue weighted by molar-refractivity contribution is -0.0321. The molecule has 0 aromatic heterocycles. The highest BCUT2D eigenvalue weighted by Crippen LogP contribution is 2.29. The average Bonchev–Trinajstić information content (AvgIpc) is 2.69.